The zero-order chi connectivity index (χ0) is 19.8. The van der Waals surface area contributed by atoms with Gasteiger partial charge in [0.25, 0.3) is 0 Å². The van der Waals surface area contributed by atoms with Crippen LogP contribution in [-0.4, -0.2) is 5.78 Å². The molecule has 0 aliphatic heterocycles. The van der Waals surface area contributed by atoms with E-state index in [1.54, 1.807) is 48.5 Å². The number of benzene rings is 3. The Kier molecular flexibility index (Phi) is 6.47. The minimum atomic E-state index is -0.376. The predicted molar refractivity (Wildman–Crippen MR) is 110 cm³/mol. The van der Waals surface area contributed by atoms with Crippen LogP contribution in [0.15, 0.2) is 89.7 Å². The highest BCUT2D eigenvalue weighted by Gasteiger charge is 2.11. The number of halogens is 1. The van der Waals surface area contributed by atoms with Crippen LogP contribution in [0, 0.1) is 0 Å². The zero-order valence-electron chi connectivity index (χ0n) is 14.8. The van der Waals surface area contributed by atoms with E-state index in [1.165, 1.54) is 6.08 Å². The molecule has 3 aromatic carbocycles. The summed E-state index contributed by atoms with van der Waals surface area (Å²) in [6, 6.07) is 23.5. The van der Waals surface area contributed by atoms with Gasteiger partial charge in [0.1, 0.15) is 12.4 Å². The van der Waals surface area contributed by atoms with Crippen LogP contribution in [0.2, 0.25) is 5.02 Å². The van der Waals surface area contributed by atoms with Crippen LogP contribution < -0.4 is 4.74 Å². The van der Waals surface area contributed by atoms with Crippen LogP contribution in [0.5, 0.6) is 5.75 Å². The minimum Gasteiger partial charge on any atom is -0.489 e. The summed E-state index contributed by atoms with van der Waals surface area (Å²) in [6.07, 6.45) is 1.54. The normalized spacial score (nSPS) is 10.8. The fourth-order valence-corrected chi connectivity index (χ4v) is 2.62. The van der Waals surface area contributed by atoms with E-state index in [-0.39, 0.29) is 11.5 Å². The molecule has 138 valence electrons. The lowest BCUT2D eigenvalue weighted by molar-refractivity contribution is 0.103. The molecule has 5 nitrogen and oxygen atoms in total. The molecule has 0 saturated heterocycles. The highest BCUT2D eigenvalue weighted by Crippen LogP contribution is 2.19. The van der Waals surface area contributed by atoms with Gasteiger partial charge in [-0.1, -0.05) is 59.2 Å². The number of ether oxygens (including phenoxy) is 1. The summed E-state index contributed by atoms with van der Waals surface area (Å²) in [7, 11) is 0. The smallest absolute Gasteiger partial charge is 0.195 e. The molecule has 0 spiro atoms. The van der Waals surface area contributed by atoms with Crippen molar-refractivity contribution in [1.82, 2.24) is 0 Å². The third kappa shape index (κ3) is 5.24. The quantitative estimate of drug-likeness (QED) is 0.153. The van der Waals surface area contributed by atoms with E-state index in [9.17, 15) is 4.79 Å². The van der Waals surface area contributed by atoms with Crippen LogP contribution in [0.3, 0.4) is 0 Å². The van der Waals surface area contributed by atoms with Crippen LogP contribution >= 0.6 is 11.6 Å². The fraction of sp³-hybridized carbons (Fsp3) is 0.0455. The average molecular weight is 390 g/mol. The lowest BCUT2D eigenvalue weighted by Crippen LogP contribution is -2.01. The van der Waals surface area contributed by atoms with Crippen LogP contribution in [0.1, 0.15) is 21.5 Å². The topological polar surface area (TPSA) is 75.1 Å². The number of hydrogen-bond donors (Lipinski definition) is 0. The van der Waals surface area contributed by atoms with Gasteiger partial charge in [-0.2, -0.15) is 0 Å². The van der Waals surface area contributed by atoms with Crippen molar-refractivity contribution in [3.63, 3.8) is 0 Å². The van der Waals surface area contributed by atoms with Gasteiger partial charge in [-0.05, 0) is 59.1 Å². The van der Waals surface area contributed by atoms with E-state index in [0.717, 1.165) is 11.1 Å². The number of Topliss-reactive ketones (excluding diaryl/α,β-unsaturated/α-hetero) is 1. The molecule has 0 fully saturated rings. The Morgan fingerprint density at radius 3 is 2.32 bits per heavy atom. The fourth-order valence-electron chi connectivity index (χ4n) is 2.50. The number of carbonyl (C=O) groups excluding carboxylic acids is 1. The van der Waals surface area contributed by atoms with E-state index in [4.69, 9.17) is 21.9 Å². The molecule has 6 heteroatoms. The number of rotatable bonds is 7. The van der Waals surface area contributed by atoms with Gasteiger partial charge in [0.05, 0.1) is 5.70 Å². The largest absolute Gasteiger partial charge is 0.489 e. The van der Waals surface area contributed by atoms with E-state index >= 15 is 0 Å². The van der Waals surface area contributed by atoms with E-state index in [1.807, 2.05) is 30.3 Å². The van der Waals surface area contributed by atoms with Crippen molar-refractivity contribution in [2.24, 2.45) is 5.11 Å². The van der Waals surface area contributed by atoms with Gasteiger partial charge >= 0.3 is 0 Å². The Bertz CT molecular complexity index is 1020. The second kappa shape index (κ2) is 9.42. The predicted octanol–water partition coefficient (Wildman–Crippen LogP) is 6.45. The number of carbonyl (C=O) groups is 1. The highest BCUT2D eigenvalue weighted by molar-refractivity contribution is 6.30. The zero-order valence-corrected chi connectivity index (χ0v) is 15.6. The van der Waals surface area contributed by atoms with Gasteiger partial charge in [0, 0.05) is 15.5 Å². The van der Waals surface area contributed by atoms with Crippen molar-refractivity contribution in [3.8, 4) is 5.75 Å². The van der Waals surface area contributed by atoms with Crippen molar-refractivity contribution >= 4 is 23.5 Å². The van der Waals surface area contributed by atoms with E-state index in [0.29, 0.717) is 22.9 Å². The molecule has 3 aromatic rings. The van der Waals surface area contributed by atoms with Crippen molar-refractivity contribution in [1.29, 1.82) is 0 Å². The van der Waals surface area contributed by atoms with Gasteiger partial charge in [-0.25, -0.2) is 0 Å². The molecular formula is C22H16ClN3O2. The lowest BCUT2D eigenvalue weighted by atomic mass is 10.1. The number of azide groups is 1. The van der Waals surface area contributed by atoms with Crippen molar-refractivity contribution in [2.45, 2.75) is 6.61 Å². The summed E-state index contributed by atoms with van der Waals surface area (Å²) in [5, 5.41) is 4.07. The SMILES string of the molecule is [N-]=[N+]=N/C(=C\c1ccc(OCc2ccccc2)cc1)C(=O)c1ccc(Cl)cc1. The third-order valence-corrected chi connectivity index (χ3v) is 4.18. The first kappa shape index (κ1) is 19.2. The van der Waals surface area contributed by atoms with E-state index in [2.05, 4.69) is 10.0 Å². The highest BCUT2D eigenvalue weighted by atomic mass is 35.5. The Morgan fingerprint density at radius 2 is 1.68 bits per heavy atom. The molecule has 0 bridgehead atoms. The Labute approximate surface area is 167 Å². The van der Waals surface area contributed by atoms with E-state index < -0.39 is 0 Å². The maximum absolute atomic E-state index is 12.6. The summed E-state index contributed by atoms with van der Waals surface area (Å²) in [4.78, 5) is 15.3. The Morgan fingerprint density at radius 1 is 1.00 bits per heavy atom. The molecule has 0 heterocycles. The molecule has 0 aliphatic rings. The monoisotopic (exact) mass is 389 g/mol. The first-order valence-electron chi connectivity index (χ1n) is 8.49. The molecular weight excluding hydrogens is 374 g/mol. The van der Waals surface area contributed by atoms with Crippen LogP contribution in [-0.2, 0) is 6.61 Å². The molecule has 0 aliphatic carbocycles. The lowest BCUT2D eigenvalue weighted by Gasteiger charge is -2.07. The summed E-state index contributed by atoms with van der Waals surface area (Å²) in [5.41, 5.74) is 11.0. The number of hydrogen-bond acceptors (Lipinski definition) is 3. The summed E-state index contributed by atoms with van der Waals surface area (Å²) in [6.45, 7) is 0.467. The second-order valence-corrected chi connectivity index (χ2v) is 6.33. The number of ketones is 1. The molecule has 0 unspecified atom stereocenters. The van der Waals surface area contributed by atoms with Crippen LogP contribution in [0.25, 0.3) is 16.5 Å². The van der Waals surface area contributed by atoms with Crippen molar-refractivity contribution in [2.75, 3.05) is 0 Å². The molecule has 3 rings (SSSR count). The van der Waals surface area contributed by atoms with Crippen molar-refractivity contribution < 1.29 is 9.53 Å². The average Bonchev–Trinajstić information content (AvgIpc) is 2.74. The maximum atomic E-state index is 12.6. The van der Waals surface area contributed by atoms with Gasteiger partial charge in [0.15, 0.2) is 5.78 Å². The number of allylic oxidation sites excluding steroid dienone is 1. The summed E-state index contributed by atoms with van der Waals surface area (Å²) < 4.78 is 5.75. The third-order valence-electron chi connectivity index (χ3n) is 3.92. The summed E-state index contributed by atoms with van der Waals surface area (Å²) >= 11 is 5.85. The molecule has 0 radical (unpaired) electrons. The van der Waals surface area contributed by atoms with Gasteiger partial charge < -0.3 is 4.74 Å². The standard InChI is InChI=1S/C22H16ClN3O2/c23-19-10-8-18(9-11-19)22(27)21(25-26-24)14-16-6-12-20(13-7-16)28-15-17-4-2-1-3-5-17/h1-14H,15H2/b21-14-. The minimum absolute atomic E-state index is 0.00257. The van der Waals surface area contributed by atoms with Gasteiger partial charge in [-0.15, -0.1) is 0 Å². The summed E-state index contributed by atoms with van der Waals surface area (Å²) in [5.74, 6) is 0.328. The molecule has 0 N–H and O–H groups in total. The van der Waals surface area contributed by atoms with Gasteiger partial charge in [0.2, 0.25) is 0 Å². The molecule has 0 amide bonds. The molecule has 0 aromatic heterocycles. The molecule has 28 heavy (non-hydrogen) atoms. The van der Waals surface area contributed by atoms with Crippen molar-refractivity contribution in [3.05, 3.63) is 117 Å². The first-order valence-corrected chi connectivity index (χ1v) is 8.87. The number of nitrogens with zero attached hydrogens (tertiary/aromatic N) is 3. The van der Waals surface area contributed by atoms with Crippen LogP contribution in [0.4, 0.5) is 0 Å². The second-order valence-electron chi connectivity index (χ2n) is 5.90. The Hall–Kier alpha value is -3.53. The first-order chi connectivity index (χ1) is 13.7. The maximum Gasteiger partial charge on any atom is 0.195 e. The van der Waals surface area contributed by atoms with Gasteiger partial charge in [-0.3, -0.25) is 4.79 Å². The molecule has 0 saturated carbocycles. The molecule has 0 atom stereocenters. The Balaban J connectivity index is 1.74.